The molecule has 108 valence electrons. The van der Waals surface area contributed by atoms with Crippen LogP contribution in [0.4, 0.5) is 0 Å². The van der Waals surface area contributed by atoms with E-state index in [9.17, 15) is 4.79 Å². The van der Waals surface area contributed by atoms with Crippen molar-refractivity contribution in [2.24, 2.45) is 0 Å². The van der Waals surface area contributed by atoms with Crippen molar-refractivity contribution in [3.63, 3.8) is 0 Å². The number of hydrogen-bond donors (Lipinski definition) is 0. The van der Waals surface area contributed by atoms with Crippen molar-refractivity contribution >= 4 is 37.8 Å². The monoisotopic (exact) mass is 410 g/mol. The van der Waals surface area contributed by atoms with E-state index in [-0.39, 0.29) is 12.3 Å². The number of nitrogens with zero attached hydrogens (tertiary/aromatic N) is 2. The van der Waals surface area contributed by atoms with Gasteiger partial charge in [-0.2, -0.15) is 5.26 Å². The average Bonchev–Trinajstić information content (AvgIpc) is 2.95. The zero-order chi connectivity index (χ0) is 15.2. The van der Waals surface area contributed by atoms with Crippen LogP contribution in [-0.2, 0) is 6.54 Å². The Kier molecular flexibility index (Phi) is 5.59. The van der Waals surface area contributed by atoms with Gasteiger partial charge in [0.2, 0.25) is 0 Å². The maximum Gasteiger partial charge on any atom is 0.255 e. The number of benzene rings is 1. The molecule has 0 atom stereocenters. The van der Waals surface area contributed by atoms with Crippen LogP contribution in [0.25, 0.3) is 0 Å². The highest BCUT2D eigenvalue weighted by molar-refractivity contribution is 9.11. The molecule has 0 aliphatic rings. The van der Waals surface area contributed by atoms with E-state index >= 15 is 0 Å². The van der Waals surface area contributed by atoms with Crippen molar-refractivity contribution in [1.29, 1.82) is 5.26 Å². The average molecular weight is 412 g/mol. The molecule has 4 nitrogen and oxygen atoms in total. The highest BCUT2D eigenvalue weighted by Gasteiger charge is 2.19. The number of rotatable bonds is 5. The van der Waals surface area contributed by atoms with Gasteiger partial charge in [-0.15, -0.1) is 0 Å². The van der Waals surface area contributed by atoms with Crippen LogP contribution in [0.5, 0.6) is 0 Å². The van der Waals surface area contributed by atoms with E-state index in [0.717, 1.165) is 4.47 Å². The lowest BCUT2D eigenvalue weighted by atomic mass is 10.2. The molecule has 0 aliphatic heterocycles. The number of amides is 1. The van der Waals surface area contributed by atoms with Crippen molar-refractivity contribution in [3.05, 3.63) is 56.9 Å². The molecule has 1 aromatic carbocycles. The molecule has 6 heteroatoms. The first kappa shape index (κ1) is 15.8. The molecule has 0 saturated carbocycles. The molecule has 21 heavy (non-hydrogen) atoms. The van der Waals surface area contributed by atoms with E-state index in [1.165, 1.54) is 0 Å². The molecule has 0 unspecified atom stereocenters. The largest absolute Gasteiger partial charge is 0.467 e. The molecular weight excluding hydrogens is 400 g/mol. The third kappa shape index (κ3) is 4.19. The van der Waals surface area contributed by atoms with Gasteiger partial charge < -0.3 is 9.32 Å². The summed E-state index contributed by atoms with van der Waals surface area (Å²) in [5.41, 5.74) is 0.558. The summed E-state index contributed by atoms with van der Waals surface area (Å²) in [6, 6.07) is 11.0. The lowest BCUT2D eigenvalue weighted by Gasteiger charge is -2.21. The number of carbonyl (C=O) groups is 1. The Bertz CT molecular complexity index is 663. The first-order chi connectivity index (χ1) is 10.1. The summed E-state index contributed by atoms with van der Waals surface area (Å²) in [6.07, 6.45) is 1.85. The van der Waals surface area contributed by atoms with Crippen LogP contribution in [0, 0.1) is 11.3 Å². The van der Waals surface area contributed by atoms with E-state index in [1.807, 2.05) is 18.2 Å². The molecular formula is C15H12Br2N2O2. The first-order valence-corrected chi connectivity index (χ1v) is 7.84. The molecule has 2 aromatic rings. The summed E-state index contributed by atoms with van der Waals surface area (Å²) >= 11 is 6.76. The number of nitriles is 1. The molecule has 0 aliphatic carbocycles. The van der Waals surface area contributed by atoms with Crippen LogP contribution < -0.4 is 0 Å². The zero-order valence-corrected chi connectivity index (χ0v) is 14.2. The van der Waals surface area contributed by atoms with Crippen LogP contribution in [0.2, 0.25) is 0 Å². The lowest BCUT2D eigenvalue weighted by Crippen LogP contribution is -2.31. The molecule has 0 N–H and O–H groups in total. The predicted octanol–water partition coefficient (Wildman–Crippen LogP) is 4.36. The Morgan fingerprint density at radius 3 is 2.76 bits per heavy atom. The summed E-state index contributed by atoms with van der Waals surface area (Å²) in [5, 5.41) is 8.76. The molecule has 0 spiro atoms. The zero-order valence-electron chi connectivity index (χ0n) is 11.1. The summed E-state index contributed by atoms with van der Waals surface area (Å²) in [4.78, 5) is 14.2. The first-order valence-electron chi connectivity index (χ1n) is 6.25. The van der Waals surface area contributed by atoms with E-state index in [1.54, 1.807) is 23.3 Å². The molecule has 1 heterocycles. The van der Waals surface area contributed by atoms with Crippen LogP contribution in [-0.4, -0.2) is 17.4 Å². The molecule has 0 saturated heterocycles. The number of furan rings is 1. The van der Waals surface area contributed by atoms with Crippen molar-refractivity contribution < 1.29 is 9.21 Å². The molecule has 0 fully saturated rings. The van der Waals surface area contributed by atoms with Gasteiger partial charge in [0.05, 0.1) is 30.9 Å². The van der Waals surface area contributed by atoms with Gasteiger partial charge in [-0.05, 0) is 46.3 Å². The minimum atomic E-state index is -0.138. The second-order valence-electron chi connectivity index (χ2n) is 4.34. The highest BCUT2D eigenvalue weighted by atomic mass is 79.9. The summed E-state index contributed by atoms with van der Waals surface area (Å²) in [6.45, 7) is 0.703. The minimum absolute atomic E-state index is 0.138. The van der Waals surface area contributed by atoms with E-state index in [0.29, 0.717) is 28.9 Å². The molecule has 2 rings (SSSR count). The van der Waals surface area contributed by atoms with E-state index in [4.69, 9.17) is 9.68 Å². The van der Waals surface area contributed by atoms with Crippen molar-refractivity contribution in [3.8, 4) is 6.07 Å². The SMILES string of the molecule is N#CCCN(Cc1ccco1)C(=O)c1ccc(Br)cc1Br. The number of carbonyl (C=O) groups excluding carboxylic acids is 1. The van der Waals surface area contributed by atoms with Gasteiger partial charge in [0.1, 0.15) is 5.76 Å². The van der Waals surface area contributed by atoms with Gasteiger partial charge in [0, 0.05) is 15.5 Å². The topological polar surface area (TPSA) is 57.2 Å². The second kappa shape index (κ2) is 7.43. The summed E-state index contributed by atoms with van der Waals surface area (Å²) < 4.78 is 6.88. The lowest BCUT2D eigenvalue weighted by molar-refractivity contribution is 0.0734. The van der Waals surface area contributed by atoms with Crippen molar-refractivity contribution in [2.75, 3.05) is 6.54 Å². The van der Waals surface area contributed by atoms with E-state index < -0.39 is 0 Å². The molecule has 0 radical (unpaired) electrons. The molecule has 1 aromatic heterocycles. The fourth-order valence-corrected chi connectivity index (χ4v) is 3.08. The molecule has 0 bridgehead atoms. The Balaban J connectivity index is 2.22. The van der Waals surface area contributed by atoms with Crippen LogP contribution >= 0.6 is 31.9 Å². The Morgan fingerprint density at radius 1 is 1.33 bits per heavy atom. The van der Waals surface area contributed by atoms with Crippen molar-refractivity contribution in [2.45, 2.75) is 13.0 Å². The quantitative estimate of drug-likeness (QED) is 0.734. The Morgan fingerprint density at radius 2 is 2.14 bits per heavy atom. The summed E-state index contributed by atoms with van der Waals surface area (Å²) in [5.74, 6) is 0.551. The van der Waals surface area contributed by atoms with Gasteiger partial charge in [-0.1, -0.05) is 15.9 Å². The highest BCUT2D eigenvalue weighted by Crippen LogP contribution is 2.24. The normalized spacial score (nSPS) is 10.1. The van der Waals surface area contributed by atoms with Crippen LogP contribution in [0.15, 0.2) is 50.0 Å². The van der Waals surface area contributed by atoms with E-state index in [2.05, 4.69) is 37.9 Å². The van der Waals surface area contributed by atoms with Crippen LogP contribution in [0.1, 0.15) is 22.5 Å². The van der Waals surface area contributed by atoms with Crippen molar-refractivity contribution in [1.82, 2.24) is 4.90 Å². The molecule has 1 amide bonds. The fourth-order valence-electron chi connectivity index (χ4n) is 1.86. The Labute approximate surface area is 139 Å². The third-order valence-corrected chi connectivity index (χ3v) is 4.02. The number of halogens is 2. The second-order valence-corrected chi connectivity index (χ2v) is 6.11. The van der Waals surface area contributed by atoms with Gasteiger partial charge in [0.25, 0.3) is 5.91 Å². The van der Waals surface area contributed by atoms with Gasteiger partial charge in [-0.3, -0.25) is 4.79 Å². The van der Waals surface area contributed by atoms with Crippen LogP contribution in [0.3, 0.4) is 0 Å². The smallest absolute Gasteiger partial charge is 0.255 e. The minimum Gasteiger partial charge on any atom is -0.467 e. The van der Waals surface area contributed by atoms with Gasteiger partial charge in [0.15, 0.2) is 0 Å². The number of hydrogen-bond acceptors (Lipinski definition) is 3. The predicted molar refractivity (Wildman–Crippen MR) is 85.5 cm³/mol. The maximum atomic E-state index is 12.6. The fraction of sp³-hybridized carbons (Fsp3) is 0.200. The standard InChI is InChI=1S/C15H12Br2N2O2/c16-11-4-5-13(14(17)9-11)15(20)19(7-2-6-18)10-12-3-1-8-21-12/h1,3-5,8-9H,2,7,10H2. The van der Waals surface area contributed by atoms with Gasteiger partial charge in [-0.25, -0.2) is 0 Å². The maximum absolute atomic E-state index is 12.6. The Hall–Kier alpha value is -1.58. The summed E-state index contributed by atoms with van der Waals surface area (Å²) in [7, 11) is 0. The van der Waals surface area contributed by atoms with Gasteiger partial charge >= 0.3 is 0 Å². The third-order valence-electron chi connectivity index (χ3n) is 2.87.